The second-order valence-electron chi connectivity index (χ2n) is 10.9. The molecule has 0 aromatic carbocycles. The highest BCUT2D eigenvalue weighted by atomic mass is 16.6. The van der Waals surface area contributed by atoms with Gasteiger partial charge in [0, 0.05) is 43.6 Å². The number of carbonyl (C=O) groups excluding carboxylic acids is 2. The standard InChI is InChI=1S/C31H47N3O8/c1-8-12-33-26-21-13-17(2)14-25(41-7)27(36)19(4)15-20(5)29(42-31(32)39)24(40-6)11-9-10-18(3)30(38)34-22(28(21)37)16-23(26)35/h8-11,15-17,19,23-25,27-29,33,35-37H,1,12-14H2,2-7H3,(H2,32,39)(H,34,38)/b11-9-,18-10+,20-15+/t17-,19+,23?,24+,25+,27-,28?,29+/m1/s1. The largest absolute Gasteiger partial charge is 0.439 e. The minimum absolute atomic E-state index is 0.106. The summed E-state index contributed by atoms with van der Waals surface area (Å²) in [6.07, 6.45) is 3.96. The van der Waals surface area contributed by atoms with E-state index in [0.717, 1.165) is 0 Å². The highest BCUT2D eigenvalue weighted by Gasteiger charge is 2.33. The number of fused-ring (bicyclic) bond motifs is 2. The van der Waals surface area contributed by atoms with Crippen LogP contribution in [-0.2, 0) is 19.0 Å². The fourth-order valence-corrected chi connectivity index (χ4v) is 5.24. The Hall–Kier alpha value is -3.22. The molecule has 42 heavy (non-hydrogen) atoms. The number of allylic oxidation sites excluding steroid dienone is 2. The molecule has 2 unspecified atom stereocenters. The minimum atomic E-state index is -1.18. The van der Waals surface area contributed by atoms with Crippen molar-refractivity contribution in [2.75, 3.05) is 20.8 Å². The average Bonchev–Trinajstić information content (AvgIpc) is 2.94. The van der Waals surface area contributed by atoms with Crippen molar-refractivity contribution in [1.29, 1.82) is 0 Å². The lowest BCUT2D eigenvalue weighted by Crippen LogP contribution is -2.40. The maximum atomic E-state index is 13.0. The Kier molecular flexibility index (Phi) is 13.7. The van der Waals surface area contributed by atoms with Crippen molar-refractivity contribution in [2.24, 2.45) is 17.6 Å². The predicted molar refractivity (Wildman–Crippen MR) is 160 cm³/mol. The number of ether oxygens (including phenoxy) is 3. The molecule has 11 nitrogen and oxygen atoms in total. The van der Waals surface area contributed by atoms with Crippen molar-refractivity contribution < 1.29 is 39.1 Å². The molecule has 1 aliphatic carbocycles. The van der Waals surface area contributed by atoms with Gasteiger partial charge in [0.25, 0.3) is 5.91 Å². The van der Waals surface area contributed by atoms with Crippen LogP contribution in [0.3, 0.4) is 0 Å². The van der Waals surface area contributed by atoms with Crippen molar-refractivity contribution >= 4 is 12.0 Å². The number of primary amides is 1. The molecule has 2 rings (SSSR count). The zero-order chi connectivity index (χ0) is 31.6. The Labute approximate surface area is 248 Å². The molecule has 0 aromatic rings. The van der Waals surface area contributed by atoms with Crippen molar-refractivity contribution in [3.8, 4) is 0 Å². The molecule has 2 aliphatic rings. The summed E-state index contributed by atoms with van der Waals surface area (Å²) in [5.41, 5.74) is 7.41. The number of nitrogens with two attached hydrogens (primary N) is 1. The molecule has 234 valence electrons. The summed E-state index contributed by atoms with van der Waals surface area (Å²) in [6, 6.07) is 0. The first-order chi connectivity index (χ1) is 19.8. The zero-order valence-electron chi connectivity index (χ0n) is 25.4. The van der Waals surface area contributed by atoms with Crippen LogP contribution in [0.4, 0.5) is 4.79 Å². The first-order valence-electron chi connectivity index (χ1n) is 14.0. The van der Waals surface area contributed by atoms with Gasteiger partial charge >= 0.3 is 6.09 Å². The minimum Gasteiger partial charge on any atom is -0.439 e. The Bertz CT molecular complexity index is 1130. The van der Waals surface area contributed by atoms with E-state index in [-0.39, 0.29) is 11.6 Å². The second-order valence-corrected chi connectivity index (χ2v) is 10.9. The van der Waals surface area contributed by atoms with Gasteiger partial charge in [-0.25, -0.2) is 4.79 Å². The van der Waals surface area contributed by atoms with Crippen LogP contribution < -0.4 is 16.4 Å². The highest BCUT2D eigenvalue weighted by Crippen LogP contribution is 2.31. The number of hydrogen-bond acceptors (Lipinski definition) is 9. The second kappa shape index (κ2) is 16.4. The SMILES string of the molecule is C=CCNC1=C2C[C@@H](C)C[C@H](OC)[C@H](O)[C@@H](C)/C=C(\C)[C@H](OC(N)=O)[C@@H](OC)/C=C\C=C(/C)C(=O)NC(=CC1O)C2O. The number of nitrogens with one attached hydrogen (secondary N) is 2. The summed E-state index contributed by atoms with van der Waals surface area (Å²) >= 11 is 0. The fraction of sp³-hybridized carbons (Fsp3) is 0.548. The van der Waals surface area contributed by atoms with E-state index in [9.17, 15) is 24.9 Å². The molecule has 7 N–H and O–H groups in total. The number of carbonyl (C=O) groups is 2. The molecule has 8 atom stereocenters. The Balaban J connectivity index is 2.60. The van der Waals surface area contributed by atoms with E-state index in [1.54, 1.807) is 44.2 Å². The topological polar surface area (TPSA) is 173 Å². The third kappa shape index (κ3) is 9.40. The number of methoxy groups -OCH3 is 2. The monoisotopic (exact) mass is 589 g/mol. The highest BCUT2D eigenvalue weighted by molar-refractivity contribution is 5.94. The number of aliphatic hydroxyl groups excluding tert-OH is 3. The van der Waals surface area contributed by atoms with Gasteiger partial charge in [-0.15, -0.1) is 6.58 Å². The molecule has 2 bridgehead atoms. The van der Waals surface area contributed by atoms with E-state index < -0.39 is 54.5 Å². The third-order valence-corrected chi connectivity index (χ3v) is 7.52. The van der Waals surface area contributed by atoms with Crippen LogP contribution in [0.15, 0.2) is 71.1 Å². The van der Waals surface area contributed by atoms with E-state index in [1.807, 2.05) is 13.8 Å². The average molecular weight is 590 g/mol. The van der Waals surface area contributed by atoms with Gasteiger partial charge in [-0.2, -0.15) is 0 Å². The molecular formula is C31H47N3O8. The van der Waals surface area contributed by atoms with Crippen LogP contribution in [0.2, 0.25) is 0 Å². The summed E-state index contributed by atoms with van der Waals surface area (Å²) in [5.74, 6) is -0.989. The lowest BCUT2D eigenvalue weighted by atomic mass is 9.84. The molecule has 1 aliphatic heterocycles. The first kappa shape index (κ1) is 35.0. The first-order valence-corrected chi connectivity index (χ1v) is 14.0. The van der Waals surface area contributed by atoms with Gasteiger partial charge in [-0.3, -0.25) is 4.79 Å². The van der Waals surface area contributed by atoms with E-state index in [2.05, 4.69) is 17.2 Å². The Morgan fingerprint density at radius 3 is 2.48 bits per heavy atom. The number of hydrogen-bond donors (Lipinski definition) is 6. The van der Waals surface area contributed by atoms with Gasteiger partial charge in [0.05, 0.1) is 12.2 Å². The van der Waals surface area contributed by atoms with Gasteiger partial charge in [-0.05, 0) is 49.8 Å². The number of rotatable bonds is 6. The maximum Gasteiger partial charge on any atom is 0.405 e. The molecule has 0 fully saturated rings. The van der Waals surface area contributed by atoms with Gasteiger partial charge in [-0.1, -0.05) is 44.2 Å². The molecular weight excluding hydrogens is 542 g/mol. The lowest BCUT2D eigenvalue weighted by molar-refractivity contribution is -0.117. The molecule has 0 spiro atoms. The summed E-state index contributed by atoms with van der Waals surface area (Å²) in [5, 5.41) is 39.4. The van der Waals surface area contributed by atoms with Crippen LogP contribution in [-0.4, -0.2) is 84.7 Å². The van der Waals surface area contributed by atoms with E-state index in [4.69, 9.17) is 19.9 Å². The van der Waals surface area contributed by atoms with E-state index in [0.29, 0.717) is 41.8 Å². The van der Waals surface area contributed by atoms with Crippen molar-refractivity contribution in [2.45, 2.75) is 77.2 Å². The summed E-state index contributed by atoms with van der Waals surface area (Å²) in [7, 11) is 2.97. The quantitative estimate of drug-likeness (QED) is 0.254. The Morgan fingerprint density at radius 2 is 1.88 bits per heavy atom. The van der Waals surface area contributed by atoms with E-state index >= 15 is 0 Å². The molecule has 0 saturated heterocycles. The number of aliphatic hydroxyl groups is 3. The summed E-state index contributed by atoms with van der Waals surface area (Å²) in [4.78, 5) is 24.8. The normalized spacial score (nSPS) is 35.1. The van der Waals surface area contributed by atoms with Gasteiger partial charge < -0.3 is 45.9 Å². The van der Waals surface area contributed by atoms with Gasteiger partial charge in [0.15, 0.2) is 6.10 Å². The molecule has 2 amide bonds. The molecule has 1 heterocycles. The van der Waals surface area contributed by atoms with Gasteiger partial charge in [0.2, 0.25) is 0 Å². The van der Waals surface area contributed by atoms with Crippen LogP contribution in [0.1, 0.15) is 40.5 Å². The lowest BCUT2D eigenvalue weighted by Gasteiger charge is -2.33. The summed E-state index contributed by atoms with van der Waals surface area (Å²) < 4.78 is 16.6. The number of amides is 2. The van der Waals surface area contributed by atoms with Crippen molar-refractivity contribution in [3.63, 3.8) is 0 Å². The maximum absolute atomic E-state index is 13.0. The van der Waals surface area contributed by atoms with Crippen LogP contribution in [0, 0.1) is 11.8 Å². The van der Waals surface area contributed by atoms with Crippen LogP contribution in [0.5, 0.6) is 0 Å². The van der Waals surface area contributed by atoms with Crippen LogP contribution >= 0.6 is 0 Å². The smallest absolute Gasteiger partial charge is 0.405 e. The molecule has 0 radical (unpaired) electrons. The molecule has 11 heteroatoms. The van der Waals surface area contributed by atoms with Crippen molar-refractivity contribution in [1.82, 2.24) is 10.6 Å². The Morgan fingerprint density at radius 1 is 1.19 bits per heavy atom. The molecule has 0 saturated carbocycles. The fourth-order valence-electron chi connectivity index (χ4n) is 5.24. The zero-order valence-corrected chi connectivity index (χ0v) is 25.4. The van der Waals surface area contributed by atoms with E-state index in [1.165, 1.54) is 20.3 Å². The summed E-state index contributed by atoms with van der Waals surface area (Å²) in [6.45, 7) is 11.2. The van der Waals surface area contributed by atoms with Crippen molar-refractivity contribution in [3.05, 3.63) is 71.1 Å². The molecule has 0 aromatic heterocycles. The van der Waals surface area contributed by atoms with Crippen LogP contribution in [0.25, 0.3) is 0 Å². The predicted octanol–water partition coefficient (Wildman–Crippen LogP) is 2.12. The third-order valence-electron chi connectivity index (χ3n) is 7.52. The van der Waals surface area contributed by atoms with Gasteiger partial charge in [0.1, 0.15) is 18.3 Å².